The first-order valence-corrected chi connectivity index (χ1v) is 10.7. The number of sulfonamides is 1. The van der Waals surface area contributed by atoms with Gasteiger partial charge in [0.1, 0.15) is 0 Å². The monoisotopic (exact) mass is 403 g/mol. The minimum atomic E-state index is -3.75. The molecule has 2 aromatic carbocycles. The maximum Gasteiger partial charge on any atom is 0.243 e. The van der Waals surface area contributed by atoms with E-state index in [9.17, 15) is 13.2 Å². The number of nitrogens with one attached hydrogen (secondary N) is 1. The van der Waals surface area contributed by atoms with Crippen molar-refractivity contribution in [1.29, 1.82) is 0 Å². The second-order valence-corrected chi connectivity index (χ2v) is 9.07. The first-order chi connectivity index (χ1) is 12.8. The molecular weight excluding hydrogens is 382 g/mol. The minimum absolute atomic E-state index is 0.205. The number of fused-ring (bicyclic) bond motifs is 1. The van der Waals surface area contributed by atoms with Gasteiger partial charge in [-0.2, -0.15) is 8.68 Å². The second-order valence-electron chi connectivity index (χ2n) is 6.33. The van der Waals surface area contributed by atoms with E-state index in [4.69, 9.17) is 0 Å². The SMILES string of the molecule is CCN(CC(=O)Nc1ccc2sncc2c1)S(=O)(=O)c1cc(C)ccc1C. The van der Waals surface area contributed by atoms with Crippen LogP contribution in [0.5, 0.6) is 0 Å². The Morgan fingerprint density at radius 1 is 1.19 bits per heavy atom. The Morgan fingerprint density at radius 3 is 2.70 bits per heavy atom. The summed E-state index contributed by atoms with van der Waals surface area (Å²) in [7, 11) is -3.75. The van der Waals surface area contributed by atoms with Crippen molar-refractivity contribution in [3.8, 4) is 0 Å². The van der Waals surface area contributed by atoms with Gasteiger partial charge in [-0.25, -0.2) is 8.42 Å². The summed E-state index contributed by atoms with van der Waals surface area (Å²) >= 11 is 1.38. The highest BCUT2D eigenvalue weighted by Gasteiger charge is 2.27. The number of carbonyl (C=O) groups excluding carboxylic acids is 1. The maximum atomic E-state index is 13.0. The van der Waals surface area contributed by atoms with E-state index in [0.29, 0.717) is 11.3 Å². The van der Waals surface area contributed by atoms with Gasteiger partial charge in [0.15, 0.2) is 0 Å². The molecule has 0 bridgehead atoms. The molecule has 27 heavy (non-hydrogen) atoms. The summed E-state index contributed by atoms with van der Waals surface area (Å²) in [5.74, 6) is -0.381. The molecule has 0 aliphatic heterocycles. The van der Waals surface area contributed by atoms with Crippen molar-refractivity contribution >= 4 is 43.2 Å². The molecular formula is C19H21N3O3S2. The van der Waals surface area contributed by atoms with Crippen molar-refractivity contribution in [3.05, 3.63) is 53.7 Å². The van der Waals surface area contributed by atoms with Crippen molar-refractivity contribution < 1.29 is 13.2 Å². The Morgan fingerprint density at radius 2 is 1.96 bits per heavy atom. The van der Waals surface area contributed by atoms with Crippen LogP contribution >= 0.6 is 11.5 Å². The molecule has 1 heterocycles. The van der Waals surface area contributed by atoms with Crippen molar-refractivity contribution in [1.82, 2.24) is 8.68 Å². The van der Waals surface area contributed by atoms with Gasteiger partial charge in [0.25, 0.3) is 0 Å². The van der Waals surface area contributed by atoms with Crippen LogP contribution in [0.1, 0.15) is 18.1 Å². The summed E-state index contributed by atoms with van der Waals surface area (Å²) in [5, 5.41) is 3.71. The summed E-state index contributed by atoms with van der Waals surface area (Å²) < 4.78 is 32.3. The highest BCUT2D eigenvalue weighted by atomic mass is 32.2. The lowest BCUT2D eigenvalue weighted by atomic mass is 10.2. The molecule has 0 unspecified atom stereocenters. The van der Waals surface area contributed by atoms with Crippen LogP contribution in [-0.2, 0) is 14.8 Å². The van der Waals surface area contributed by atoms with Crippen LogP contribution in [-0.4, -0.2) is 36.1 Å². The standard InChI is InChI=1S/C19H21N3O3S2/c1-4-22(27(24,25)18-9-13(2)5-6-14(18)3)12-19(23)21-16-7-8-17-15(10-16)11-20-26-17/h5-11H,4,12H2,1-3H3,(H,21,23). The number of hydrogen-bond donors (Lipinski definition) is 1. The number of carbonyl (C=O) groups is 1. The number of benzene rings is 2. The van der Waals surface area contributed by atoms with Gasteiger partial charge in [-0.1, -0.05) is 19.1 Å². The van der Waals surface area contributed by atoms with E-state index < -0.39 is 10.0 Å². The number of rotatable bonds is 6. The number of aromatic nitrogens is 1. The third-order valence-electron chi connectivity index (χ3n) is 4.27. The number of nitrogens with zero attached hydrogens (tertiary/aromatic N) is 2. The maximum absolute atomic E-state index is 13.0. The molecule has 0 atom stereocenters. The summed E-state index contributed by atoms with van der Waals surface area (Å²) in [6.45, 7) is 5.28. The molecule has 8 heteroatoms. The zero-order chi connectivity index (χ0) is 19.6. The molecule has 1 amide bonds. The first kappa shape index (κ1) is 19.5. The lowest BCUT2D eigenvalue weighted by molar-refractivity contribution is -0.116. The quantitative estimate of drug-likeness (QED) is 0.682. The van der Waals surface area contributed by atoms with Gasteiger partial charge in [0.2, 0.25) is 15.9 Å². The Labute approximate surface area is 163 Å². The van der Waals surface area contributed by atoms with Crippen LogP contribution in [0.15, 0.2) is 47.5 Å². The van der Waals surface area contributed by atoms with E-state index in [1.807, 2.05) is 25.1 Å². The molecule has 3 aromatic rings. The topological polar surface area (TPSA) is 79.4 Å². The predicted octanol–water partition coefficient (Wildman–Crippen LogP) is 3.56. The highest BCUT2D eigenvalue weighted by Crippen LogP contribution is 2.23. The molecule has 0 aliphatic rings. The fraction of sp³-hybridized carbons (Fsp3) is 0.263. The van der Waals surface area contributed by atoms with Crippen molar-refractivity contribution in [2.75, 3.05) is 18.4 Å². The van der Waals surface area contributed by atoms with Gasteiger partial charge < -0.3 is 5.32 Å². The van der Waals surface area contributed by atoms with Crippen molar-refractivity contribution in [2.45, 2.75) is 25.7 Å². The molecule has 1 aromatic heterocycles. The average Bonchev–Trinajstić information content (AvgIpc) is 3.09. The molecule has 142 valence electrons. The summed E-state index contributed by atoms with van der Waals surface area (Å²) in [6, 6.07) is 10.8. The minimum Gasteiger partial charge on any atom is -0.325 e. The Hall–Kier alpha value is -2.29. The van der Waals surface area contributed by atoms with Gasteiger partial charge in [0.05, 0.1) is 16.1 Å². The molecule has 1 N–H and O–H groups in total. The molecule has 0 saturated heterocycles. The molecule has 0 aliphatic carbocycles. The van der Waals surface area contributed by atoms with Crippen LogP contribution in [0.3, 0.4) is 0 Å². The van der Waals surface area contributed by atoms with Crippen LogP contribution in [0.4, 0.5) is 5.69 Å². The van der Waals surface area contributed by atoms with E-state index in [1.54, 1.807) is 38.2 Å². The van der Waals surface area contributed by atoms with E-state index >= 15 is 0 Å². The molecule has 3 rings (SSSR count). The Balaban J connectivity index is 1.78. The molecule has 0 fully saturated rings. The lowest BCUT2D eigenvalue weighted by Crippen LogP contribution is -2.38. The number of amides is 1. The van der Waals surface area contributed by atoms with E-state index in [-0.39, 0.29) is 23.9 Å². The second kappa shape index (κ2) is 7.75. The Kier molecular flexibility index (Phi) is 5.59. The third-order valence-corrected chi connectivity index (χ3v) is 7.11. The lowest BCUT2D eigenvalue weighted by Gasteiger charge is -2.21. The van der Waals surface area contributed by atoms with E-state index in [1.165, 1.54) is 15.8 Å². The number of aryl methyl sites for hydroxylation is 2. The first-order valence-electron chi connectivity index (χ1n) is 8.53. The van der Waals surface area contributed by atoms with Gasteiger partial charge in [0, 0.05) is 23.8 Å². The largest absolute Gasteiger partial charge is 0.325 e. The van der Waals surface area contributed by atoms with Gasteiger partial charge in [-0.3, -0.25) is 4.79 Å². The highest BCUT2D eigenvalue weighted by molar-refractivity contribution is 7.89. The normalized spacial score (nSPS) is 11.9. The summed E-state index contributed by atoms with van der Waals surface area (Å²) in [6.07, 6.45) is 1.74. The molecule has 0 radical (unpaired) electrons. The van der Waals surface area contributed by atoms with Gasteiger partial charge >= 0.3 is 0 Å². The van der Waals surface area contributed by atoms with Crippen LogP contribution in [0, 0.1) is 13.8 Å². The number of likely N-dealkylation sites (N-methyl/N-ethyl adjacent to an activating group) is 1. The third kappa shape index (κ3) is 4.18. The Bertz CT molecular complexity index is 1090. The summed E-state index contributed by atoms with van der Waals surface area (Å²) in [4.78, 5) is 12.7. The fourth-order valence-electron chi connectivity index (χ4n) is 2.80. The van der Waals surface area contributed by atoms with Crippen molar-refractivity contribution in [3.63, 3.8) is 0 Å². The predicted molar refractivity (Wildman–Crippen MR) is 109 cm³/mol. The summed E-state index contributed by atoms with van der Waals surface area (Å²) in [5.41, 5.74) is 2.14. The van der Waals surface area contributed by atoms with Gasteiger partial charge in [-0.15, -0.1) is 0 Å². The van der Waals surface area contributed by atoms with Crippen molar-refractivity contribution in [2.24, 2.45) is 0 Å². The number of hydrogen-bond acceptors (Lipinski definition) is 5. The fourth-order valence-corrected chi connectivity index (χ4v) is 5.14. The van der Waals surface area contributed by atoms with Crippen LogP contribution < -0.4 is 5.32 Å². The van der Waals surface area contributed by atoms with E-state index in [0.717, 1.165) is 15.6 Å². The van der Waals surface area contributed by atoms with Crippen LogP contribution in [0.2, 0.25) is 0 Å². The smallest absolute Gasteiger partial charge is 0.243 e. The zero-order valence-electron chi connectivity index (χ0n) is 15.4. The molecule has 0 spiro atoms. The van der Waals surface area contributed by atoms with E-state index in [2.05, 4.69) is 9.69 Å². The molecule has 0 saturated carbocycles. The zero-order valence-corrected chi connectivity index (χ0v) is 17.0. The number of anilines is 1. The van der Waals surface area contributed by atoms with Gasteiger partial charge in [-0.05, 0) is 60.8 Å². The average molecular weight is 404 g/mol. The van der Waals surface area contributed by atoms with Crippen LogP contribution in [0.25, 0.3) is 10.1 Å². The molecule has 6 nitrogen and oxygen atoms in total.